The maximum Gasteiger partial charge on any atom is 0.242 e. The highest BCUT2D eigenvalue weighted by Crippen LogP contribution is 2.21. The van der Waals surface area contributed by atoms with Gasteiger partial charge in [0.25, 0.3) is 0 Å². The molecule has 0 aliphatic carbocycles. The normalized spacial score (nSPS) is 17.1. The summed E-state index contributed by atoms with van der Waals surface area (Å²) >= 11 is 0. The van der Waals surface area contributed by atoms with E-state index in [0.717, 1.165) is 38.3 Å². The van der Waals surface area contributed by atoms with Gasteiger partial charge in [0.15, 0.2) is 0 Å². The topological polar surface area (TPSA) is 58.6 Å². The zero-order valence-electron chi connectivity index (χ0n) is 12.7. The Balaban J connectivity index is 2.05. The minimum absolute atomic E-state index is 0.346. The molecule has 0 radical (unpaired) electrons. The lowest BCUT2D eigenvalue weighted by Gasteiger charge is -2.26. The molecule has 1 aliphatic heterocycles. The lowest BCUT2D eigenvalue weighted by molar-refractivity contribution is 0.0620. The van der Waals surface area contributed by atoms with Gasteiger partial charge in [-0.1, -0.05) is 0 Å². The number of anilines is 1. The highest BCUT2D eigenvalue weighted by molar-refractivity contribution is 7.89. The van der Waals surface area contributed by atoms with Gasteiger partial charge in [0, 0.05) is 39.0 Å². The summed E-state index contributed by atoms with van der Waals surface area (Å²) in [6, 6.07) is 6.93. The molecule has 1 aliphatic rings. The molecule has 1 aromatic rings. The maximum absolute atomic E-state index is 12.5. The second kappa shape index (κ2) is 7.24. The van der Waals surface area contributed by atoms with Crippen LogP contribution in [0.3, 0.4) is 0 Å². The van der Waals surface area contributed by atoms with Crippen molar-refractivity contribution in [2.24, 2.45) is 5.92 Å². The summed E-state index contributed by atoms with van der Waals surface area (Å²) in [5.41, 5.74) is 0.934. The van der Waals surface area contributed by atoms with E-state index in [1.807, 2.05) is 6.92 Å². The minimum atomic E-state index is -3.41. The fourth-order valence-electron chi connectivity index (χ4n) is 2.52. The van der Waals surface area contributed by atoms with Crippen molar-refractivity contribution < 1.29 is 13.2 Å². The number of rotatable bonds is 6. The zero-order valence-corrected chi connectivity index (χ0v) is 13.5. The molecule has 0 unspecified atom stereocenters. The highest BCUT2D eigenvalue weighted by Gasteiger charge is 2.24. The molecular weight excluding hydrogens is 288 g/mol. The zero-order chi connectivity index (χ0) is 15.3. The molecule has 1 heterocycles. The Morgan fingerprint density at radius 2 is 1.86 bits per heavy atom. The molecule has 2 rings (SSSR count). The van der Waals surface area contributed by atoms with Gasteiger partial charge >= 0.3 is 0 Å². The van der Waals surface area contributed by atoms with Crippen molar-refractivity contribution in [3.8, 4) is 0 Å². The van der Waals surface area contributed by atoms with E-state index in [9.17, 15) is 8.42 Å². The molecule has 118 valence electrons. The fourth-order valence-corrected chi connectivity index (χ4v) is 3.77. The SMILES string of the molecule is CCNc1ccc(S(=O)(=O)N(C)CC2CCOCC2)cc1. The van der Waals surface area contributed by atoms with Gasteiger partial charge < -0.3 is 10.1 Å². The van der Waals surface area contributed by atoms with Crippen LogP contribution < -0.4 is 5.32 Å². The first-order valence-electron chi connectivity index (χ1n) is 7.42. The molecule has 0 saturated carbocycles. The van der Waals surface area contributed by atoms with Crippen molar-refractivity contribution in [1.82, 2.24) is 4.31 Å². The molecule has 1 saturated heterocycles. The van der Waals surface area contributed by atoms with E-state index >= 15 is 0 Å². The molecule has 1 fully saturated rings. The molecule has 21 heavy (non-hydrogen) atoms. The van der Waals surface area contributed by atoms with Gasteiger partial charge in [-0.05, 0) is 49.9 Å². The number of nitrogens with one attached hydrogen (secondary N) is 1. The summed E-state index contributed by atoms with van der Waals surface area (Å²) in [5.74, 6) is 0.388. The Kier molecular flexibility index (Phi) is 5.61. The Labute approximate surface area is 127 Å². The van der Waals surface area contributed by atoms with Crippen LogP contribution in [0, 0.1) is 5.92 Å². The van der Waals surface area contributed by atoms with Crippen LogP contribution in [-0.4, -0.2) is 46.1 Å². The molecular formula is C15H24N2O3S. The average Bonchev–Trinajstić information content (AvgIpc) is 2.49. The molecule has 5 nitrogen and oxygen atoms in total. The second-order valence-electron chi connectivity index (χ2n) is 5.40. The van der Waals surface area contributed by atoms with Gasteiger partial charge in [-0.15, -0.1) is 0 Å². The molecule has 0 bridgehead atoms. The van der Waals surface area contributed by atoms with Crippen LogP contribution in [0.15, 0.2) is 29.2 Å². The van der Waals surface area contributed by atoms with Crippen LogP contribution in [0.25, 0.3) is 0 Å². The predicted octanol–water partition coefficient (Wildman–Crippen LogP) is 2.17. The molecule has 0 atom stereocenters. The second-order valence-corrected chi connectivity index (χ2v) is 7.44. The Morgan fingerprint density at radius 3 is 2.43 bits per heavy atom. The lowest BCUT2D eigenvalue weighted by atomic mass is 10.0. The average molecular weight is 312 g/mol. The largest absolute Gasteiger partial charge is 0.385 e. The van der Waals surface area contributed by atoms with E-state index in [4.69, 9.17) is 4.74 Å². The number of sulfonamides is 1. The van der Waals surface area contributed by atoms with Crippen LogP contribution in [0.5, 0.6) is 0 Å². The first kappa shape index (κ1) is 16.3. The van der Waals surface area contributed by atoms with Gasteiger partial charge in [-0.3, -0.25) is 0 Å². The van der Waals surface area contributed by atoms with Crippen molar-refractivity contribution in [1.29, 1.82) is 0 Å². The fraction of sp³-hybridized carbons (Fsp3) is 0.600. The standard InChI is InChI=1S/C15H24N2O3S/c1-3-16-14-4-6-15(7-5-14)21(18,19)17(2)12-13-8-10-20-11-9-13/h4-7,13,16H,3,8-12H2,1-2H3. The van der Waals surface area contributed by atoms with Gasteiger partial charge in [0.2, 0.25) is 10.0 Å². The molecule has 0 spiro atoms. The molecule has 1 N–H and O–H groups in total. The van der Waals surface area contributed by atoms with Crippen molar-refractivity contribution in [2.75, 3.05) is 38.7 Å². The van der Waals surface area contributed by atoms with E-state index in [-0.39, 0.29) is 0 Å². The van der Waals surface area contributed by atoms with Crippen LogP contribution in [0.2, 0.25) is 0 Å². The minimum Gasteiger partial charge on any atom is -0.385 e. The summed E-state index contributed by atoms with van der Waals surface area (Å²) in [4.78, 5) is 0.346. The maximum atomic E-state index is 12.5. The molecule has 6 heteroatoms. The third kappa shape index (κ3) is 4.18. The third-order valence-corrected chi connectivity index (χ3v) is 5.64. The third-order valence-electron chi connectivity index (χ3n) is 3.80. The molecule has 0 amide bonds. The molecule has 1 aromatic carbocycles. The number of benzene rings is 1. The van der Waals surface area contributed by atoms with Crippen molar-refractivity contribution in [3.05, 3.63) is 24.3 Å². The van der Waals surface area contributed by atoms with Crippen LogP contribution >= 0.6 is 0 Å². The molecule has 0 aromatic heterocycles. The van der Waals surface area contributed by atoms with Crippen molar-refractivity contribution in [2.45, 2.75) is 24.7 Å². The van der Waals surface area contributed by atoms with E-state index in [1.165, 1.54) is 4.31 Å². The van der Waals surface area contributed by atoms with Gasteiger partial charge in [0.05, 0.1) is 4.90 Å². The van der Waals surface area contributed by atoms with Gasteiger partial charge in [-0.25, -0.2) is 12.7 Å². The number of hydrogen-bond acceptors (Lipinski definition) is 4. The van der Waals surface area contributed by atoms with E-state index in [1.54, 1.807) is 31.3 Å². The summed E-state index contributed by atoms with van der Waals surface area (Å²) in [5, 5.41) is 3.16. The number of nitrogens with zero attached hydrogens (tertiary/aromatic N) is 1. The van der Waals surface area contributed by atoms with Crippen LogP contribution in [0.4, 0.5) is 5.69 Å². The van der Waals surface area contributed by atoms with Gasteiger partial charge in [0.1, 0.15) is 0 Å². The van der Waals surface area contributed by atoms with Crippen molar-refractivity contribution in [3.63, 3.8) is 0 Å². The summed E-state index contributed by atoms with van der Waals surface area (Å²) in [7, 11) is -1.75. The van der Waals surface area contributed by atoms with Crippen molar-refractivity contribution >= 4 is 15.7 Å². The van der Waals surface area contributed by atoms with E-state index < -0.39 is 10.0 Å². The highest BCUT2D eigenvalue weighted by atomic mass is 32.2. The summed E-state index contributed by atoms with van der Waals surface area (Å²) in [6.07, 6.45) is 1.86. The number of ether oxygens (including phenoxy) is 1. The predicted molar refractivity (Wildman–Crippen MR) is 84.0 cm³/mol. The monoisotopic (exact) mass is 312 g/mol. The lowest BCUT2D eigenvalue weighted by Crippen LogP contribution is -2.34. The van der Waals surface area contributed by atoms with Crippen LogP contribution in [0.1, 0.15) is 19.8 Å². The van der Waals surface area contributed by atoms with Gasteiger partial charge in [-0.2, -0.15) is 0 Å². The van der Waals surface area contributed by atoms with E-state index in [2.05, 4.69) is 5.32 Å². The Morgan fingerprint density at radius 1 is 1.24 bits per heavy atom. The van der Waals surface area contributed by atoms with Crippen LogP contribution in [-0.2, 0) is 14.8 Å². The smallest absolute Gasteiger partial charge is 0.242 e. The first-order chi connectivity index (χ1) is 10.0. The first-order valence-corrected chi connectivity index (χ1v) is 8.86. The Bertz CT molecular complexity index is 537. The van der Waals surface area contributed by atoms with E-state index in [0.29, 0.717) is 17.4 Å². The quantitative estimate of drug-likeness (QED) is 0.874. The number of hydrogen-bond donors (Lipinski definition) is 1. The Hall–Kier alpha value is -1.11. The summed E-state index contributed by atoms with van der Waals surface area (Å²) in [6.45, 7) is 4.84. The summed E-state index contributed by atoms with van der Waals surface area (Å²) < 4.78 is 31.9.